The van der Waals surface area contributed by atoms with Crippen LogP contribution < -0.4 is 5.32 Å². The van der Waals surface area contributed by atoms with Gasteiger partial charge in [-0.15, -0.1) is 0 Å². The molecule has 1 atom stereocenters. The van der Waals surface area contributed by atoms with E-state index in [4.69, 9.17) is 0 Å². The van der Waals surface area contributed by atoms with Crippen molar-refractivity contribution in [3.05, 3.63) is 71.3 Å². The maximum Gasteiger partial charge on any atom is 0.123 e. The molecule has 0 saturated carbocycles. The van der Waals surface area contributed by atoms with Crippen molar-refractivity contribution in [3.8, 4) is 0 Å². The van der Waals surface area contributed by atoms with Crippen LogP contribution in [0, 0.1) is 11.6 Å². The SMILES string of the molecule is CC1CN(C(c2ccc(F)cc2)c2ccc(F)cc2)CCN1.COC. The second-order valence-electron chi connectivity index (χ2n) is 6.26. The van der Waals surface area contributed by atoms with Crippen LogP contribution in [0.4, 0.5) is 8.78 Å². The van der Waals surface area contributed by atoms with E-state index in [1.54, 1.807) is 14.2 Å². The number of ether oxygens (including phenoxy) is 1. The third-order valence-electron chi connectivity index (χ3n) is 4.14. The van der Waals surface area contributed by atoms with Crippen molar-refractivity contribution in [2.45, 2.75) is 19.0 Å². The van der Waals surface area contributed by atoms with Crippen LogP contribution in [-0.4, -0.2) is 44.8 Å². The van der Waals surface area contributed by atoms with Gasteiger partial charge >= 0.3 is 0 Å². The predicted molar refractivity (Wildman–Crippen MR) is 96.6 cm³/mol. The van der Waals surface area contributed by atoms with E-state index in [1.165, 1.54) is 24.3 Å². The maximum atomic E-state index is 13.2. The van der Waals surface area contributed by atoms with E-state index < -0.39 is 0 Å². The van der Waals surface area contributed by atoms with Crippen molar-refractivity contribution in [1.29, 1.82) is 0 Å². The van der Waals surface area contributed by atoms with E-state index in [9.17, 15) is 8.78 Å². The number of benzene rings is 2. The molecule has 0 aliphatic carbocycles. The Balaban J connectivity index is 0.000000701. The van der Waals surface area contributed by atoms with Gasteiger partial charge in [0, 0.05) is 39.9 Å². The first-order valence-corrected chi connectivity index (χ1v) is 8.43. The smallest absolute Gasteiger partial charge is 0.123 e. The summed E-state index contributed by atoms with van der Waals surface area (Å²) in [7, 11) is 3.25. The van der Waals surface area contributed by atoms with Gasteiger partial charge < -0.3 is 10.1 Å². The molecule has 0 bridgehead atoms. The molecule has 5 heteroatoms. The number of halogens is 2. The number of hydrogen-bond donors (Lipinski definition) is 1. The molecule has 1 aliphatic heterocycles. The molecule has 1 unspecified atom stereocenters. The first kappa shape index (κ1) is 19.5. The Morgan fingerprint density at radius 1 is 0.960 bits per heavy atom. The molecular formula is C20H26F2N2O. The van der Waals surface area contributed by atoms with Crippen LogP contribution in [0.1, 0.15) is 24.1 Å². The summed E-state index contributed by atoms with van der Waals surface area (Å²) < 4.78 is 30.7. The topological polar surface area (TPSA) is 24.5 Å². The highest BCUT2D eigenvalue weighted by Crippen LogP contribution is 2.29. The molecule has 0 aromatic heterocycles. The monoisotopic (exact) mass is 348 g/mol. The summed E-state index contributed by atoms with van der Waals surface area (Å²) in [5, 5.41) is 3.43. The number of rotatable bonds is 3. The average Bonchev–Trinajstić information content (AvgIpc) is 2.59. The molecule has 1 heterocycles. The lowest BCUT2D eigenvalue weighted by Crippen LogP contribution is -2.50. The second-order valence-corrected chi connectivity index (χ2v) is 6.26. The largest absolute Gasteiger partial charge is 0.388 e. The number of nitrogens with one attached hydrogen (secondary N) is 1. The molecule has 3 nitrogen and oxygen atoms in total. The molecule has 3 rings (SSSR count). The highest BCUT2D eigenvalue weighted by atomic mass is 19.1. The Morgan fingerprint density at radius 2 is 1.40 bits per heavy atom. The van der Waals surface area contributed by atoms with E-state index in [1.807, 2.05) is 24.3 Å². The molecule has 136 valence electrons. The quantitative estimate of drug-likeness (QED) is 0.917. The Morgan fingerprint density at radius 3 is 1.80 bits per heavy atom. The number of hydrogen-bond acceptors (Lipinski definition) is 3. The first-order valence-electron chi connectivity index (χ1n) is 8.43. The summed E-state index contributed by atoms with van der Waals surface area (Å²) in [4.78, 5) is 2.36. The molecule has 2 aromatic carbocycles. The van der Waals surface area contributed by atoms with Crippen LogP contribution >= 0.6 is 0 Å². The van der Waals surface area contributed by atoms with Crippen molar-refractivity contribution < 1.29 is 13.5 Å². The molecule has 0 amide bonds. The Hall–Kier alpha value is -1.82. The van der Waals surface area contributed by atoms with Crippen molar-refractivity contribution in [2.75, 3.05) is 33.9 Å². The summed E-state index contributed by atoms with van der Waals surface area (Å²) in [5.74, 6) is -0.481. The van der Waals surface area contributed by atoms with E-state index in [2.05, 4.69) is 21.9 Å². The second kappa shape index (κ2) is 9.61. The van der Waals surface area contributed by atoms with Gasteiger partial charge in [-0.25, -0.2) is 8.78 Å². The van der Waals surface area contributed by atoms with Gasteiger partial charge in [-0.3, -0.25) is 4.90 Å². The van der Waals surface area contributed by atoms with Crippen molar-refractivity contribution in [2.24, 2.45) is 0 Å². The van der Waals surface area contributed by atoms with E-state index in [-0.39, 0.29) is 17.7 Å². The number of piperazine rings is 1. The van der Waals surface area contributed by atoms with Crippen LogP contribution in [-0.2, 0) is 4.74 Å². The lowest BCUT2D eigenvalue weighted by Gasteiger charge is -2.38. The summed E-state index contributed by atoms with van der Waals surface area (Å²) in [6.07, 6.45) is 0. The van der Waals surface area contributed by atoms with E-state index in [0.717, 1.165) is 30.8 Å². The molecule has 0 spiro atoms. The maximum absolute atomic E-state index is 13.2. The van der Waals surface area contributed by atoms with Crippen LogP contribution in [0.25, 0.3) is 0 Å². The minimum Gasteiger partial charge on any atom is -0.388 e. The molecule has 1 fully saturated rings. The molecule has 2 aromatic rings. The van der Waals surface area contributed by atoms with Crippen molar-refractivity contribution >= 4 is 0 Å². The highest BCUT2D eigenvalue weighted by Gasteiger charge is 2.26. The van der Waals surface area contributed by atoms with Crippen LogP contribution in [0.15, 0.2) is 48.5 Å². The van der Waals surface area contributed by atoms with Gasteiger partial charge in [0.1, 0.15) is 11.6 Å². The average molecular weight is 348 g/mol. The summed E-state index contributed by atoms with van der Waals surface area (Å²) >= 11 is 0. The summed E-state index contributed by atoms with van der Waals surface area (Å²) in [6.45, 7) is 4.88. The van der Waals surface area contributed by atoms with Gasteiger partial charge in [0.2, 0.25) is 0 Å². The van der Waals surface area contributed by atoms with Gasteiger partial charge in [0.05, 0.1) is 6.04 Å². The molecule has 1 aliphatic rings. The standard InChI is InChI=1S/C18H20F2N2.C2H6O/c1-13-12-22(11-10-21-13)18(14-2-6-16(19)7-3-14)15-4-8-17(20)9-5-15;1-3-2/h2-9,13,18,21H,10-12H2,1H3;1-2H3. The van der Waals surface area contributed by atoms with Crippen LogP contribution in [0.2, 0.25) is 0 Å². The number of methoxy groups -OCH3 is 1. The van der Waals surface area contributed by atoms with Crippen molar-refractivity contribution in [3.63, 3.8) is 0 Å². The lowest BCUT2D eigenvalue weighted by molar-refractivity contribution is 0.170. The zero-order chi connectivity index (χ0) is 18.2. The van der Waals surface area contributed by atoms with Crippen LogP contribution in [0.3, 0.4) is 0 Å². The summed E-state index contributed by atoms with van der Waals surface area (Å²) in [6, 6.07) is 13.6. The fourth-order valence-electron chi connectivity index (χ4n) is 3.10. The Kier molecular flexibility index (Phi) is 7.50. The zero-order valence-corrected chi connectivity index (χ0v) is 15.0. The third-order valence-corrected chi connectivity index (χ3v) is 4.14. The van der Waals surface area contributed by atoms with Gasteiger partial charge in [-0.2, -0.15) is 0 Å². The zero-order valence-electron chi connectivity index (χ0n) is 15.0. The minimum atomic E-state index is -0.240. The fourth-order valence-corrected chi connectivity index (χ4v) is 3.10. The first-order chi connectivity index (χ1) is 12.0. The fraction of sp³-hybridized carbons (Fsp3) is 0.400. The van der Waals surface area contributed by atoms with E-state index in [0.29, 0.717) is 6.04 Å². The lowest BCUT2D eigenvalue weighted by atomic mass is 9.96. The molecule has 0 radical (unpaired) electrons. The van der Waals surface area contributed by atoms with Gasteiger partial charge in [-0.1, -0.05) is 24.3 Å². The molecular weight excluding hydrogens is 322 g/mol. The van der Waals surface area contributed by atoms with Gasteiger partial charge in [0.25, 0.3) is 0 Å². The molecule has 1 saturated heterocycles. The molecule has 25 heavy (non-hydrogen) atoms. The van der Waals surface area contributed by atoms with Gasteiger partial charge in [0.15, 0.2) is 0 Å². The van der Waals surface area contributed by atoms with Crippen molar-refractivity contribution in [1.82, 2.24) is 10.2 Å². The normalized spacial score (nSPS) is 17.9. The number of nitrogens with zero attached hydrogens (tertiary/aromatic N) is 1. The highest BCUT2D eigenvalue weighted by molar-refractivity contribution is 5.32. The Labute approximate surface area is 148 Å². The predicted octanol–water partition coefficient (Wildman–Crippen LogP) is 3.61. The van der Waals surface area contributed by atoms with Gasteiger partial charge in [-0.05, 0) is 42.3 Å². The minimum absolute atomic E-state index is 0.0192. The van der Waals surface area contributed by atoms with Crippen LogP contribution in [0.5, 0.6) is 0 Å². The van der Waals surface area contributed by atoms with E-state index >= 15 is 0 Å². The summed E-state index contributed by atoms with van der Waals surface area (Å²) in [5.41, 5.74) is 2.06. The molecule has 1 N–H and O–H groups in total. The Bertz CT molecular complexity index is 586. The third kappa shape index (κ3) is 5.59.